The molecule has 0 aliphatic rings. The summed E-state index contributed by atoms with van der Waals surface area (Å²) in [6.07, 6.45) is 3.56. The van der Waals surface area contributed by atoms with E-state index in [1.165, 1.54) is 0 Å². The Bertz CT molecular complexity index is 724. The SMILES string of the molecule is Cc1cnn(CCn2c(O)c(C(C)C)c(=O)[nH]c2=O)c1. The Balaban J connectivity index is 2.34. The molecule has 2 aromatic rings. The fourth-order valence-electron chi connectivity index (χ4n) is 2.09. The molecule has 0 fully saturated rings. The van der Waals surface area contributed by atoms with Crippen molar-refractivity contribution in [1.82, 2.24) is 19.3 Å². The molecule has 2 aromatic heterocycles. The number of aromatic nitrogens is 4. The number of nitrogens with one attached hydrogen (secondary N) is 1. The first-order chi connectivity index (χ1) is 9.40. The molecule has 20 heavy (non-hydrogen) atoms. The van der Waals surface area contributed by atoms with Gasteiger partial charge in [0.05, 0.1) is 24.8 Å². The van der Waals surface area contributed by atoms with E-state index in [2.05, 4.69) is 10.1 Å². The number of H-pyrrole nitrogens is 1. The van der Waals surface area contributed by atoms with Crippen LogP contribution in [-0.4, -0.2) is 24.4 Å². The minimum Gasteiger partial charge on any atom is -0.494 e. The van der Waals surface area contributed by atoms with Gasteiger partial charge in [0.2, 0.25) is 5.88 Å². The smallest absolute Gasteiger partial charge is 0.331 e. The van der Waals surface area contributed by atoms with Crippen molar-refractivity contribution in [2.75, 3.05) is 0 Å². The minimum atomic E-state index is -0.610. The fourth-order valence-corrected chi connectivity index (χ4v) is 2.09. The average molecular weight is 278 g/mol. The molecule has 2 rings (SSSR count). The van der Waals surface area contributed by atoms with Crippen molar-refractivity contribution in [3.8, 4) is 5.88 Å². The summed E-state index contributed by atoms with van der Waals surface area (Å²) in [5.41, 5.74) is 0.0987. The second-order valence-electron chi connectivity index (χ2n) is 5.08. The van der Waals surface area contributed by atoms with Crippen molar-refractivity contribution >= 4 is 0 Å². The Morgan fingerprint density at radius 3 is 2.60 bits per heavy atom. The van der Waals surface area contributed by atoms with E-state index in [0.717, 1.165) is 10.1 Å². The number of aromatic amines is 1. The van der Waals surface area contributed by atoms with Crippen LogP contribution in [0.3, 0.4) is 0 Å². The number of aryl methyl sites for hydroxylation is 2. The van der Waals surface area contributed by atoms with Gasteiger partial charge in [-0.3, -0.25) is 19.0 Å². The monoisotopic (exact) mass is 278 g/mol. The summed E-state index contributed by atoms with van der Waals surface area (Å²) in [6.45, 7) is 6.17. The third-order valence-corrected chi connectivity index (χ3v) is 3.10. The standard InChI is InChI=1S/C13H18N4O3/c1-8(2)10-11(18)15-13(20)17(12(10)19)5-4-16-7-9(3)6-14-16/h6-8,19H,4-5H2,1-3H3,(H,15,18,20). The van der Waals surface area contributed by atoms with E-state index in [1.807, 2.05) is 13.1 Å². The molecule has 0 radical (unpaired) electrons. The number of nitrogens with zero attached hydrogens (tertiary/aromatic N) is 3. The van der Waals surface area contributed by atoms with Gasteiger partial charge in [-0.2, -0.15) is 5.10 Å². The minimum absolute atomic E-state index is 0.169. The lowest BCUT2D eigenvalue weighted by atomic mass is 10.1. The predicted octanol–water partition coefficient (Wildman–Crippen LogP) is 0.571. The molecular formula is C13H18N4O3. The Kier molecular flexibility index (Phi) is 3.78. The predicted molar refractivity (Wildman–Crippen MR) is 74.0 cm³/mol. The zero-order chi connectivity index (χ0) is 14.9. The summed E-state index contributed by atoms with van der Waals surface area (Å²) in [5, 5.41) is 14.2. The van der Waals surface area contributed by atoms with Gasteiger partial charge in [0.1, 0.15) is 0 Å². The van der Waals surface area contributed by atoms with Crippen LogP contribution in [-0.2, 0) is 13.1 Å². The van der Waals surface area contributed by atoms with E-state index in [1.54, 1.807) is 24.7 Å². The largest absolute Gasteiger partial charge is 0.494 e. The summed E-state index contributed by atoms with van der Waals surface area (Å²) >= 11 is 0. The molecule has 7 heteroatoms. The van der Waals surface area contributed by atoms with Crippen LogP contribution in [0, 0.1) is 6.92 Å². The highest BCUT2D eigenvalue weighted by atomic mass is 16.3. The van der Waals surface area contributed by atoms with Gasteiger partial charge in [0.25, 0.3) is 5.56 Å². The molecule has 0 atom stereocenters. The third kappa shape index (κ3) is 2.66. The fraction of sp³-hybridized carbons (Fsp3) is 0.462. The van der Waals surface area contributed by atoms with Gasteiger partial charge in [-0.15, -0.1) is 0 Å². The normalized spacial score (nSPS) is 11.2. The molecule has 7 nitrogen and oxygen atoms in total. The number of hydrogen-bond acceptors (Lipinski definition) is 4. The van der Waals surface area contributed by atoms with E-state index in [0.29, 0.717) is 6.54 Å². The van der Waals surface area contributed by atoms with Crippen LogP contribution in [0.15, 0.2) is 22.0 Å². The maximum absolute atomic E-state index is 11.8. The van der Waals surface area contributed by atoms with E-state index >= 15 is 0 Å². The molecule has 0 aromatic carbocycles. The lowest BCUT2D eigenvalue weighted by Crippen LogP contribution is -2.33. The van der Waals surface area contributed by atoms with Gasteiger partial charge in [0.15, 0.2) is 0 Å². The molecule has 0 aliphatic carbocycles. The Labute approximate surface area is 115 Å². The summed E-state index contributed by atoms with van der Waals surface area (Å²) in [6, 6.07) is 0. The second kappa shape index (κ2) is 5.36. The highest BCUT2D eigenvalue weighted by Crippen LogP contribution is 2.19. The van der Waals surface area contributed by atoms with Crippen LogP contribution in [0.5, 0.6) is 5.88 Å². The van der Waals surface area contributed by atoms with E-state index in [9.17, 15) is 14.7 Å². The maximum atomic E-state index is 11.8. The van der Waals surface area contributed by atoms with Crippen LogP contribution < -0.4 is 11.2 Å². The van der Waals surface area contributed by atoms with E-state index in [-0.39, 0.29) is 23.9 Å². The van der Waals surface area contributed by atoms with Crippen LogP contribution in [0.25, 0.3) is 0 Å². The van der Waals surface area contributed by atoms with E-state index < -0.39 is 11.2 Å². The van der Waals surface area contributed by atoms with Crippen molar-refractivity contribution in [2.45, 2.75) is 39.8 Å². The van der Waals surface area contributed by atoms with Gasteiger partial charge < -0.3 is 5.11 Å². The average Bonchev–Trinajstić information content (AvgIpc) is 2.73. The van der Waals surface area contributed by atoms with Crippen LogP contribution in [0.4, 0.5) is 0 Å². The van der Waals surface area contributed by atoms with Gasteiger partial charge in [-0.05, 0) is 18.4 Å². The molecule has 2 N–H and O–H groups in total. The quantitative estimate of drug-likeness (QED) is 0.855. The summed E-state index contributed by atoms with van der Waals surface area (Å²) < 4.78 is 2.84. The first-order valence-corrected chi connectivity index (χ1v) is 6.45. The van der Waals surface area contributed by atoms with Gasteiger partial charge in [-0.25, -0.2) is 4.79 Å². The van der Waals surface area contributed by atoms with Crippen molar-refractivity contribution in [3.05, 3.63) is 44.4 Å². The molecule has 0 saturated carbocycles. The first-order valence-electron chi connectivity index (χ1n) is 6.45. The Morgan fingerprint density at radius 1 is 1.35 bits per heavy atom. The van der Waals surface area contributed by atoms with Crippen molar-refractivity contribution in [2.24, 2.45) is 0 Å². The summed E-state index contributed by atoms with van der Waals surface area (Å²) in [5.74, 6) is -0.435. The molecule has 2 heterocycles. The Morgan fingerprint density at radius 2 is 2.05 bits per heavy atom. The van der Waals surface area contributed by atoms with Crippen LogP contribution in [0.2, 0.25) is 0 Å². The molecule has 0 unspecified atom stereocenters. The molecule has 0 saturated heterocycles. The van der Waals surface area contributed by atoms with Crippen LogP contribution >= 0.6 is 0 Å². The zero-order valence-electron chi connectivity index (χ0n) is 11.8. The van der Waals surface area contributed by atoms with E-state index in [4.69, 9.17) is 0 Å². The lowest BCUT2D eigenvalue weighted by molar-refractivity contribution is 0.376. The van der Waals surface area contributed by atoms with Crippen molar-refractivity contribution < 1.29 is 5.11 Å². The molecular weight excluding hydrogens is 260 g/mol. The molecule has 108 valence electrons. The summed E-state index contributed by atoms with van der Waals surface area (Å²) in [4.78, 5) is 25.7. The zero-order valence-corrected chi connectivity index (χ0v) is 11.8. The van der Waals surface area contributed by atoms with Gasteiger partial charge in [-0.1, -0.05) is 13.8 Å². The molecule has 0 spiro atoms. The lowest BCUT2D eigenvalue weighted by Gasteiger charge is -2.13. The first kappa shape index (κ1) is 14.1. The molecule has 0 amide bonds. The topological polar surface area (TPSA) is 92.9 Å². The third-order valence-electron chi connectivity index (χ3n) is 3.10. The van der Waals surface area contributed by atoms with Gasteiger partial charge >= 0.3 is 5.69 Å². The second-order valence-corrected chi connectivity index (χ2v) is 5.08. The highest BCUT2D eigenvalue weighted by Gasteiger charge is 2.16. The highest BCUT2D eigenvalue weighted by molar-refractivity contribution is 5.25. The molecule has 0 aliphatic heterocycles. The van der Waals surface area contributed by atoms with Crippen molar-refractivity contribution in [1.29, 1.82) is 0 Å². The van der Waals surface area contributed by atoms with Crippen LogP contribution in [0.1, 0.15) is 30.9 Å². The maximum Gasteiger partial charge on any atom is 0.331 e. The Hall–Kier alpha value is -2.31. The summed E-state index contributed by atoms with van der Waals surface area (Å²) in [7, 11) is 0. The number of rotatable bonds is 4. The van der Waals surface area contributed by atoms with Crippen molar-refractivity contribution in [3.63, 3.8) is 0 Å². The number of hydrogen-bond donors (Lipinski definition) is 2. The molecule has 0 bridgehead atoms. The number of aromatic hydroxyl groups is 1. The van der Waals surface area contributed by atoms with Gasteiger partial charge in [0, 0.05) is 6.20 Å².